The van der Waals surface area contributed by atoms with E-state index < -0.39 is 0 Å². The molecule has 0 bridgehead atoms. The number of amides is 1. The summed E-state index contributed by atoms with van der Waals surface area (Å²) in [5, 5.41) is 6.67. The number of nitrogens with zero attached hydrogens (tertiary/aromatic N) is 2. The number of imidazole rings is 1. The zero-order valence-corrected chi connectivity index (χ0v) is 16.4. The fourth-order valence-electron chi connectivity index (χ4n) is 4.76. The third-order valence-electron chi connectivity index (χ3n) is 6.12. The minimum atomic E-state index is -0.133. The van der Waals surface area contributed by atoms with Crippen LogP contribution in [0.1, 0.15) is 50.0 Å². The van der Waals surface area contributed by atoms with E-state index in [0.29, 0.717) is 12.5 Å². The predicted molar refractivity (Wildman–Crippen MR) is 104 cm³/mol. The van der Waals surface area contributed by atoms with Crippen LogP contribution in [0.15, 0.2) is 6.20 Å². The van der Waals surface area contributed by atoms with Gasteiger partial charge in [-0.15, -0.1) is 24.8 Å². The first-order valence-corrected chi connectivity index (χ1v) is 9.32. The number of rotatable bonds is 4. The summed E-state index contributed by atoms with van der Waals surface area (Å²) < 4.78 is 2.29. The molecule has 7 heteroatoms. The van der Waals surface area contributed by atoms with Gasteiger partial charge in [-0.25, -0.2) is 4.98 Å². The lowest BCUT2D eigenvalue weighted by molar-refractivity contribution is -0.133. The molecule has 2 N–H and O–H groups in total. The number of carbonyl (C=O) groups is 1. The SMILES string of the molecule is Cl.Cl.O=C(NCCc1cn2c(n1)CCCC2)[C@@]12CCCC[C@H]1CNC2. The van der Waals surface area contributed by atoms with Gasteiger partial charge in [0, 0.05) is 38.7 Å². The zero-order valence-electron chi connectivity index (χ0n) is 14.8. The maximum absolute atomic E-state index is 12.8. The molecule has 2 aliphatic heterocycles. The average molecular weight is 389 g/mol. The van der Waals surface area contributed by atoms with Gasteiger partial charge in [0.05, 0.1) is 11.1 Å². The maximum Gasteiger partial charge on any atom is 0.227 e. The van der Waals surface area contributed by atoms with Crippen molar-refractivity contribution < 1.29 is 4.79 Å². The first-order valence-electron chi connectivity index (χ1n) is 9.32. The minimum absolute atomic E-state index is 0. The summed E-state index contributed by atoms with van der Waals surface area (Å²) >= 11 is 0. The Kier molecular flexibility index (Phi) is 7.18. The monoisotopic (exact) mass is 388 g/mol. The fraction of sp³-hybridized carbons (Fsp3) is 0.778. The Balaban J connectivity index is 0.00000113. The van der Waals surface area contributed by atoms with Gasteiger partial charge in [0.1, 0.15) is 5.82 Å². The molecule has 0 spiro atoms. The quantitative estimate of drug-likeness (QED) is 0.832. The lowest BCUT2D eigenvalue weighted by atomic mass is 9.67. The molecule has 0 radical (unpaired) electrons. The van der Waals surface area contributed by atoms with Crippen molar-refractivity contribution >= 4 is 30.7 Å². The molecule has 0 unspecified atom stereocenters. The molecule has 5 nitrogen and oxygen atoms in total. The molecule has 3 heterocycles. The van der Waals surface area contributed by atoms with Gasteiger partial charge in [-0.2, -0.15) is 0 Å². The van der Waals surface area contributed by atoms with Gasteiger partial charge < -0.3 is 15.2 Å². The van der Waals surface area contributed by atoms with Crippen molar-refractivity contribution in [1.29, 1.82) is 0 Å². The van der Waals surface area contributed by atoms with Crippen LogP contribution in [0.2, 0.25) is 0 Å². The second-order valence-corrected chi connectivity index (χ2v) is 7.53. The van der Waals surface area contributed by atoms with Crippen molar-refractivity contribution in [2.24, 2.45) is 11.3 Å². The van der Waals surface area contributed by atoms with Gasteiger partial charge in [-0.05, 0) is 38.1 Å². The van der Waals surface area contributed by atoms with Crippen LogP contribution >= 0.6 is 24.8 Å². The number of halogens is 2. The Labute approximate surface area is 162 Å². The Morgan fingerprint density at radius 2 is 2.20 bits per heavy atom. The average Bonchev–Trinajstić information content (AvgIpc) is 3.18. The van der Waals surface area contributed by atoms with E-state index in [4.69, 9.17) is 4.98 Å². The zero-order chi connectivity index (χ0) is 15.7. The van der Waals surface area contributed by atoms with Gasteiger partial charge in [0.25, 0.3) is 0 Å². The Bertz CT molecular complexity index is 568. The van der Waals surface area contributed by atoms with E-state index in [2.05, 4.69) is 21.4 Å². The third-order valence-corrected chi connectivity index (χ3v) is 6.12. The number of aryl methyl sites for hydroxylation is 2. The van der Waals surface area contributed by atoms with Crippen LogP contribution in [0, 0.1) is 11.3 Å². The molecular formula is C18H30Cl2N4O. The Morgan fingerprint density at radius 3 is 3.04 bits per heavy atom. The predicted octanol–water partition coefficient (Wildman–Crippen LogP) is 2.50. The fourth-order valence-corrected chi connectivity index (χ4v) is 4.76. The second kappa shape index (κ2) is 8.74. The highest BCUT2D eigenvalue weighted by molar-refractivity contribution is 5.85. The van der Waals surface area contributed by atoms with Gasteiger partial charge >= 0.3 is 0 Å². The van der Waals surface area contributed by atoms with Crippen molar-refractivity contribution in [3.05, 3.63) is 17.7 Å². The van der Waals surface area contributed by atoms with Crippen molar-refractivity contribution in [2.45, 2.75) is 57.9 Å². The number of hydrogen-bond acceptors (Lipinski definition) is 3. The molecule has 4 rings (SSSR count). The summed E-state index contributed by atoms with van der Waals surface area (Å²) in [7, 11) is 0. The summed E-state index contributed by atoms with van der Waals surface area (Å²) in [6.07, 6.45) is 11.4. The van der Waals surface area contributed by atoms with E-state index in [1.165, 1.54) is 37.9 Å². The summed E-state index contributed by atoms with van der Waals surface area (Å²) in [6.45, 7) is 3.69. The number of aromatic nitrogens is 2. The molecule has 0 aromatic carbocycles. The molecule has 25 heavy (non-hydrogen) atoms. The summed E-state index contributed by atoms with van der Waals surface area (Å²) in [4.78, 5) is 17.5. The van der Waals surface area contributed by atoms with Crippen molar-refractivity contribution in [3.63, 3.8) is 0 Å². The lowest BCUT2D eigenvalue weighted by Gasteiger charge is -2.37. The number of hydrogen-bond donors (Lipinski definition) is 2. The topological polar surface area (TPSA) is 59.0 Å². The molecule has 3 aliphatic rings. The standard InChI is InChI=1S/C18H28N4O.2ClH/c23-17(18-8-3-1-5-14(18)11-19-13-18)20-9-7-15-12-22-10-4-2-6-16(22)21-15;;/h12,14,19H,1-11,13H2,(H,20,23);2*1H/t14-,18+;;/m0../s1. The highest BCUT2D eigenvalue weighted by atomic mass is 35.5. The van der Waals surface area contributed by atoms with E-state index in [1.54, 1.807) is 0 Å². The summed E-state index contributed by atoms with van der Waals surface area (Å²) in [5.41, 5.74) is 0.996. The minimum Gasteiger partial charge on any atom is -0.355 e. The van der Waals surface area contributed by atoms with Crippen molar-refractivity contribution in [3.8, 4) is 0 Å². The second-order valence-electron chi connectivity index (χ2n) is 7.53. The Hall–Kier alpha value is -0.780. The number of fused-ring (bicyclic) bond motifs is 2. The number of nitrogens with one attached hydrogen (secondary N) is 2. The normalized spacial score (nSPS) is 27.4. The third kappa shape index (κ3) is 3.99. The van der Waals surface area contributed by atoms with Crippen molar-refractivity contribution in [2.75, 3.05) is 19.6 Å². The molecule has 1 aromatic heterocycles. The largest absolute Gasteiger partial charge is 0.355 e. The summed E-state index contributed by atoms with van der Waals surface area (Å²) in [5.74, 6) is 2.04. The first-order chi connectivity index (χ1) is 11.3. The molecule has 1 aromatic rings. The van der Waals surface area contributed by atoms with Crippen LogP contribution in [-0.2, 0) is 24.2 Å². The van der Waals surface area contributed by atoms with E-state index in [-0.39, 0.29) is 36.1 Å². The van der Waals surface area contributed by atoms with E-state index in [0.717, 1.165) is 44.6 Å². The number of carbonyl (C=O) groups excluding carboxylic acids is 1. The maximum atomic E-state index is 12.8. The van der Waals surface area contributed by atoms with E-state index >= 15 is 0 Å². The molecule has 2 atom stereocenters. The van der Waals surface area contributed by atoms with E-state index in [1.807, 2.05) is 0 Å². The van der Waals surface area contributed by atoms with Gasteiger partial charge in [0.2, 0.25) is 5.91 Å². The van der Waals surface area contributed by atoms with Crippen LogP contribution in [0.3, 0.4) is 0 Å². The van der Waals surface area contributed by atoms with Crippen LogP contribution in [0.5, 0.6) is 0 Å². The molecular weight excluding hydrogens is 359 g/mol. The highest BCUT2D eigenvalue weighted by Crippen LogP contribution is 2.43. The molecule has 1 amide bonds. The molecule has 1 saturated carbocycles. The van der Waals surface area contributed by atoms with Gasteiger partial charge in [-0.3, -0.25) is 4.79 Å². The van der Waals surface area contributed by atoms with Crippen molar-refractivity contribution in [1.82, 2.24) is 20.2 Å². The summed E-state index contributed by atoms with van der Waals surface area (Å²) in [6, 6.07) is 0. The molecule has 2 fully saturated rings. The van der Waals surface area contributed by atoms with Crippen LogP contribution in [-0.4, -0.2) is 35.1 Å². The Morgan fingerprint density at radius 1 is 1.32 bits per heavy atom. The van der Waals surface area contributed by atoms with Crippen LogP contribution < -0.4 is 10.6 Å². The van der Waals surface area contributed by atoms with E-state index in [9.17, 15) is 4.79 Å². The molecule has 142 valence electrons. The first kappa shape index (κ1) is 20.5. The lowest BCUT2D eigenvalue weighted by Crippen LogP contribution is -2.48. The molecule has 1 aliphatic carbocycles. The molecule has 1 saturated heterocycles. The van der Waals surface area contributed by atoms with Crippen LogP contribution in [0.4, 0.5) is 0 Å². The highest BCUT2D eigenvalue weighted by Gasteiger charge is 2.49. The van der Waals surface area contributed by atoms with Gasteiger partial charge in [0.15, 0.2) is 0 Å². The van der Waals surface area contributed by atoms with Gasteiger partial charge in [-0.1, -0.05) is 12.8 Å². The van der Waals surface area contributed by atoms with Crippen LogP contribution in [0.25, 0.3) is 0 Å². The smallest absolute Gasteiger partial charge is 0.227 e.